The Balaban J connectivity index is 1.28. The van der Waals surface area contributed by atoms with Gasteiger partial charge in [0.25, 0.3) is 0 Å². The maximum atomic E-state index is 17.3. The molecule has 0 bridgehead atoms. The molecule has 2 atom stereocenters. The number of fused-ring (bicyclic) bond motifs is 3. The second-order valence-electron chi connectivity index (χ2n) is 14.7. The number of allylic oxidation sites excluding steroid dienone is 1. The fourth-order valence-electron chi connectivity index (χ4n) is 8.86. The summed E-state index contributed by atoms with van der Waals surface area (Å²) in [4.78, 5) is 14.1. The van der Waals surface area contributed by atoms with E-state index in [0.717, 1.165) is 75.3 Å². The van der Waals surface area contributed by atoms with Crippen LogP contribution >= 0.6 is 11.3 Å². The molecule has 1 aromatic carbocycles. The monoisotopic (exact) mass is 649 g/mol. The largest absolute Gasteiger partial charge is 0.461 e. The van der Waals surface area contributed by atoms with Gasteiger partial charge in [0.1, 0.15) is 41.2 Å². The molecule has 0 saturated carbocycles. The Kier molecular flexibility index (Phi) is 6.88. The summed E-state index contributed by atoms with van der Waals surface area (Å²) in [7, 11) is 0. The van der Waals surface area contributed by atoms with Crippen molar-refractivity contribution in [3.05, 3.63) is 40.3 Å². The average molecular weight is 650 g/mol. The number of alkyl halides is 1. The second-order valence-corrected chi connectivity index (χ2v) is 15.7. The van der Waals surface area contributed by atoms with Crippen molar-refractivity contribution in [1.82, 2.24) is 20.2 Å². The van der Waals surface area contributed by atoms with E-state index >= 15 is 4.39 Å². The molecule has 4 fully saturated rings. The van der Waals surface area contributed by atoms with Gasteiger partial charge in [0.05, 0.1) is 15.8 Å². The lowest BCUT2D eigenvalue weighted by atomic mass is 9.70. The highest BCUT2D eigenvalue weighted by molar-refractivity contribution is 7.23. The minimum atomic E-state index is -0.897. The van der Waals surface area contributed by atoms with Crippen LogP contribution in [0.2, 0.25) is 0 Å². The van der Waals surface area contributed by atoms with Crippen LogP contribution in [0.3, 0.4) is 0 Å². The Bertz CT molecular complexity index is 1830. The summed E-state index contributed by atoms with van der Waals surface area (Å²) in [5.74, 6) is -0.353. The zero-order chi connectivity index (χ0) is 32.0. The molecule has 6 heterocycles. The molecular formula is C34H38F3N7OS. The van der Waals surface area contributed by atoms with E-state index in [0.29, 0.717) is 41.7 Å². The van der Waals surface area contributed by atoms with Crippen LogP contribution in [0.25, 0.3) is 21.5 Å². The average Bonchev–Trinajstić information content (AvgIpc) is 3.65. The van der Waals surface area contributed by atoms with Crippen LogP contribution in [-0.2, 0) is 6.42 Å². The first kappa shape index (κ1) is 30.0. The predicted molar refractivity (Wildman–Crippen MR) is 174 cm³/mol. The third-order valence-electron chi connectivity index (χ3n) is 11.1. The molecule has 4 aliphatic heterocycles. The summed E-state index contributed by atoms with van der Waals surface area (Å²) in [6.45, 7) is 8.89. The lowest BCUT2D eigenvalue weighted by Gasteiger charge is -2.50. The normalized spacial score (nSPS) is 26.7. The molecule has 1 spiro atoms. The van der Waals surface area contributed by atoms with E-state index in [4.69, 9.17) is 20.4 Å². The summed E-state index contributed by atoms with van der Waals surface area (Å²) in [6, 6.07) is 5.06. The standard InChI is InChI=1S/C34H38F3N7OS/c1-32(2)12-21-27(26(37)25(32)20-5-6-23(36)28-24(20)22(13-38)29(39)46-28)41-31(45-18-34-8-4-10-44(34)14-19(35)11-34)42-30(21)43-9-3-7-33(17-43)15-40-16-33/h5-6,19,40H,3-4,7-12,14-18,39H2,1-2H3/t19-,34+/m1/s1. The number of hydrogen-bond acceptors (Lipinski definition) is 9. The van der Waals surface area contributed by atoms with Crippen molar-refractivity contribution in [2.24, 2.45) is 10.8 Å². The summed E-state index contributed by atoms with van der Waals surface area (Å²) in [5, 5.41) is 13.9. The van der Waals surface area contributed by atoms with E-state index in [1.54, 1.807) is 6.07 Å². The van der Waals surface area contributed by atoms with Crippen molar-refractivity contribution in [3.63, 3.8) is 0 Å². The number of benzene rings is 1. The summed E-state index contributed by atoms with van der Waals surface area (Å²) >= 11 is 0.999. The fraction of sp³-hybridized carbons (Fsp3) is 0.559. The van der Waals surface area contributed by atoms with Crippen LogP contribution in [-0.4, -0.2) is 72.5 Å². The fourth-order valence-corrected chi connectivity index (χ4v) is 9.81. The Labute approximate surface area is 270 Å². The van der Waals surface area contributed by atoms with E-state index in [1.807, 2.05) is 13.8 Å². The quantitative estimate of drug-likeness (QED) is 0.355. The number of anilines is 2. The van der Waals surface area contributed by atoms with Gasteiger partial charge in [0.2, 0.25) is 0 Å². The van der Waals surface area contributed by atoms with Gasteiger partial charge in [-0.15, -0.1) is 11.3 Å². The number of nitrogen functional groups attached to an aromatic ring is 1. The molecular weight excluding hydrogens is 611 g/mol. The topological polar surface area (TPSA) is 103 Å². The molecule has 5 aliphatic rings. The van der Waals surface area contributed by atoms with Gasteiger partial charge in [-0.1, -0.05) is 19.9 Å². The first-order chi connectivity index (χ1) is 22.0. The van der Waals surface area contributed by atoms with Crippen LogP contribution in [0.15, 0.2) is 12.1 Å². The molecule has 46 heavy (non-hydrogen) atoms. The first-order valence-corrected chi connectivity index (χ1v) is 17.0. The molecule has 12 heteroatoms. The van der Waals surface area contributed by atoms with E-state index < -0.39 is 28.8 Å². The molecule has 2 aromatic heterocycles. The lowest BCUT2D eigenvalue weighted by Crippen LogP contribution is -2.61. The molecule has 0 radical (unpaired) electrons. The molecule has 242 valence electrons. The Morgan fingerprint density at radius 2 is 1.98 bits per heavy atom. The number of nitrogens with one attached hydrogen (secondary N) is 1. The number of nitriles is 1. The van der Waals surface area contributed by atoms with Gasteiger partial charge in [-0.2, -0.15) is 15.2 Å². The first-order valence-electron chi connectivity index (χ1n) is 16.2. The van der Waals surface area contributed by atoms with Gasteiger partial charge in [-0.3, -0.25) is 4.90 Å². The highest BCUT2D eigenvalue weighted by Gasteiger charge is 2.50. The van der Waals surface area contributed by atoms with Crippen LogP contribution in [0.4, 0.5) is 24.0 Å². The van der Waals surface area contributed by atoms with E-state index in [-0.39, 0.29) is 39.0 Å². The third-order valence-corrected chi connectivity index (χ3v) is 12.1. The van der Waals surface area contributed by atoms with Crippen molar-refractivity contribution in [2.75, 3.05) is 56.5 Å². The molecule has 0 unspecified atom stereocenters. The lowest BCUT2D eigenvalue weighted by molar-refractivity contribution is 0.107. The van der Waals surface area contributed by atoms with Crippen LogP contribution in [0.5, 0.6) is 6.01 Å². The minimum Gasteiger partial charge on any atom is -0.461 e. The second kappa shape index (κ2) is 10.6. The summed E-state index contributed by atoms with van der Waals surface area (Å²) in [6.07, 6.45) is 3.90. The number of rotatable bonds is 5. The number of aromatic nitrogens is 2. The molecule has 3 N–H and O–H groups in total. The third kappa shape index (κ3) is 4.53. The number of nitrogens with zero attached hydrogens (tertiary/aromatic N) is 5. The smallest absolute Gasteiger partial charge is 0.319 e. The van der Waals surface area contributed by atoms with Crippen molar-refractivity contribution in [1.29, 1.82) is 5.26 Å². The highest BCUT2D eigenvalue weighted by atomic mass is 32.1. The maximum absolute atomic E-state index is 17.3. The van der Waals surface area contributed by atoms with E-state index in [1.165, 1.54) is 6.07 Å². The molecule has 3 aromatic rings. The van der Waals surface area contributed by atoms with Gasteiger partial charge < -0.3 is 20.7 Å². The molecule has 0 amide bonds. The van der Waals surface area contributed by atoms with Gasteiger partial charge in [-0.05, 0) is 55.7 Å². The van der Waals surface area contributed by atoms with Crippen LogP contribution < -0.4 is 20.7 Å². The Morgan fingerprint density at radius 3 is 2.74 bits per heavy atom. The summed E-state index contributed by atoms with van der Waals surface area (Å²) in [5.41, 5.74) is 6.98. The minimum absolute atomic E-state index is 0.0830. The van der Waals surface area contributed by atoms with Crippen molar-refractivity contribution < 1.29 is 17.9 Å². The van der Waals surface area contributed by atoms with Gasteiger partial charge in [0, 0.05) is 61.1 Å². The molecule has 8 rings (SSSR count). The van der Waals surface area contributed by atoms with Crippen molar-refractivity contribution >= 4 is 43.6 Å². The van der Waals surface area contributed by atoms with E-state index in [9.17, 15) is 14.0 Å². The van der Waals surface area contributed by atoms with Gasteiger partial charge in [0.15, 0.2) is 5.83 Å². The zero-order valence-corrected chi connectivity index (χ0v) is 27.0. The van der Waals surface area contributed by atoms with Crippen LogP contribution in [0.1, 0.15) is 68.3 Å². The maximum Gasteiger partial charge on any atom is 0.319 e. The Hall–Kier alpha value is -3.40. The summed E-state index contributed by atoms with van der Waals surface area (Å²) < 4.78 is 53.4. The Morgan fingerprint density at radius 1 is 1.17 bits per heavy atom. The highest BCUT2D eigenvalue weighted by Crippen LogP contribution is 2.53. The molecule has 4 saturated heterocycles. The number of piperidine rings is 1. The molecule has 8 nitrogen and oxygen atoms in total. The van der Waals surface area contributed by atoms with Gasteiger partial charge >= 0.3 is 6.01 Å². The van der Waals surface area contributed by atoms with Crippen molar-refractivity contribution in [2.45, 2.75) is 64.1 Å². The number of nitrogens with two attached hydrogens (primary N) is 1. The zero-order valence-electron chi connectivity index (χ0n) is 26.2. The SMILES string of the molecule is CC1(C)Cc2c(nc(OC[C@@]34CCCN3C[C@H](F)C4)nc2N2CCCC3(CNC3)C2)C(F)=C1c1ccc(F)c2sc(N)c(C#N)c12. The van der Waals surface area contributed by atoms with Crippen molar-refractivity contribution in [3.8, 4) is 12.1 Å². The predicted octanol–water partition coefficient (Wildman–Crippen LogP) is 5.85. The number of thiophene rings is 1. The van der Waals surface area contributed by atoms with E-state index in [2.05, 4.69) is 21.2 Å². The number of ether oxygens (including phenoxy) is 1. The molecule has 1 aliphatic carbocycles. The number of halogens is 3. The van der Waals surface area contributed by atoms with Gasteiger partial charge in [-0.25, -0.2) is 13.2 Å². The number of hydrogen-bond donors (Lipinski definition) is 2. The van der Waals surface area contributed by atoms with Crippen LogP contribution in [0, 0.1) is 28.0 Å².